The number of nitrogens with zero attached hydrogens (tertiary/aromatic N) is 3. The molecule has 4 heteroatoms. The Hall–Kier alpha value is -1.61. The van der Waals surface area contributed by atoms with Crippen molar-refractivity contribution in [2.45, 2.75) is 32.1 Å². The molecule has 0 atom stereocenters. The lowest BCUT2D eigenvalue weighted by Gasteiger charge is -2.20. The van der Waals surface area contributed by atoms with E-state index in [0.29, 0.717) is 11.8 Å². The van der Waals surface area contributed by atoms with Crippen LogP contribution in [0.25, 0.3) is 0 Å². The number of rotatable bonds is 6. The molecule has 2 aromatic heterocycles. The fourth-order valence-corrected chi connectivity index (χ4v) is 2.26. The molecule has 0 unspecified atom stereocenters. The third kappa shape index (κ3) is 4.43. The molecular formula is C17H22ClN3. The molecule has 0 aliphatic rings. The lowest BCUT2D eigenvalue weighted by atomic mass is 10.1. The number of aromatic nitrogens is 2. The van der Waals surface area contributed by atoms with E-state index in [-0.39, 0.29) is 0 Å². The van der Waals surface area contributed by atoms with Crippen LogP contribution in [0, 0.1) is 0 Å². The number of hydrogen-bond donors (Lipinski definition) is 0. The highest BCUT2D eigenvalue weighted by molar-refractivity contribution is 6.17. The molecule has 0 spiro atoms. The van der Waals surface area contributed by atoms with E-state index in [1.165, 1.54) is 0 Å². The first kappa shape index (κ1) is 15.8. The van der Waals surface area contributed by atoms with Crippen LogP contribution in [0.15, 0.2) is 36.5 Å². The molecule has 2 aromatic rings. The van der Waals surface area contributed by atoms with E-state index in [9.17, 15) is 0 Å². The summed E-state index contributed by atoms with van der Waals surface area (Å²) in [7, 11) is 2.06. The van der Waals surface area contributed by atoms with Crippen LogP contribution < -0.4 is 4.90 Å². The first-order chi connectivity index (χ1) is 10.1. The molecule has 0 fully saturated rings. The smallest absolute Gasteiger partial charge is 0.128 e. The highest BCUT2D eigenvalue weighted by atomic mass is 35.5. The number of pyridine rings is 2. The summed E-state index contributed by atoms with van der Waals surface area (Å²) in [5, 5.41) is 0. The van der Waals surface area contributed by atoms with E-state index in [2.05, 4.69) is 49.0 Å². The maximum absolute atomic E-state index is 6.00. The van der Waals surface area contributed by atoms with Crippen molar-refractivity contribution >= 4 is 17.4 Å². The van der Waals surface area contributed by atoms with Crippen LogP contribution in [0.1, 0.15) is 36.7 Å². The zero-order valence-electron chi connectivity index (χ0n) is 12.9. The second-order valence-electron chi connectivity index (χ2n) is 5.54. The van der Waals surface area contributed by atoms with Crippen LogP contribution in [-0.4, -0.2) is 23.6 Å². The predicted molar refractivity (Wildman–Crippen MR) is 89.1 cm³/mol. The van der Waals surface area contributed by atoms with E-state index in [4.69, 9.17) is 16.6 Å². The van der Waals surface area contributed by atoms with Gasteiger partial charge in [-0.15, -0.1) is 11.6 Å². The van der Waals surface area contributed by atoms with Gasteiger partial charge < -0.3 is 4.90 Å². The van der Waals surface area contributed by atoms with E-state index >= 15 is 0 Å². The third-order valence-corrected chi connectivity index (χ3v) is 3.77. The summed E-state index contributed by atoms with van der Waals surface area (Å²) in [5.41, 5.74) is 3.31. The van der Waals surface area contributed by atoms with Gasteiger partial charge in [0, 0.05) is 43.5 Å². The molecule has 2 rings (SSSR count). The Bertz CT molecular complexity index is 570. The molecule has 0 bridgehead atoms. The van der Waals surface area contributed by atoms with Gasteiger partial charge in [-0.05, 0) is 35.7 Å². The highest BCUT2D eigenvalue weighted by Crippen LogP contribution is 2.21. The minimum absolute atomic E-state index is 0.399. The molecule has 0 amide bonds. The Morgan fingerprint density at radius 2 is 2.05 bits per heavy atom. The van der Waals surface area contributed by atoms with Crippen LogP contribution in [-0.2, 0) is 12.3 Å². The normalized spacial score (nSPS) is 10.9. The van der Waals surface area contributed by atoms with Gasteiger partial charge in [0.1, 0.15) is 5.82 Å². The lowest BCUT2D eigenvalue weighted by Crippen LogP contribution is -2.22. The Balaban J connectivity index is 2.11. The average Bonchev–Trinajstić information content (AvgIpc) is 2.53. The summed E-state index contributed by atoms with van der Waals surface area (Å²) in [6.07, 6.45) is 2.74. The van der Waals surface area contributed by atoms with Crippen LogP contribution >= 0.6 is 11.6 Å². The Labute approximate surface area is 132 Å². The second kappa shape index (κ2) is 7.41. The SMILES string of the molecule is CC(C)c1cc(CCl)cc(N(C)CCc2ccccn2)n1. The number of anilines is 1. The van der Waals surface area contributed by atoms with Crippen molar-refractivity contribution in [3.05, 3.63) is 53.5 Å². The molecule has 112 valence electrons. The van der Waals surface area contributed by atoms with Crippen LogP contribution in [0.3, 0.4) is 0 Å². The molecule has 2 heterocycles. The van der Waals surface area contributed by atoms with Gasteiger partial charge in [0.15, 0.2) is 0 Å². The second-order valence-corrected chi connectivity index (χ2v) is 5.81. The van der Waals surface area contributed by atoms with Gasteiger partial charge in [-0.2, -0.15) is 0 Å². The van der Waals surface area contributed by atoms with Crippen LogP contribution in [0.4, 0.5) is 5.82 Å². The average molecular weight is 304 g/mol. The first-order valence-corrected chi connectivity index (χ1v) is 7.81. The fourth-order valence-electron chi connectivity index (χ4n) is 2.11. The van der Waals surface area contributed by atoms with E-state index in [1.54, 1.807) is 0 Å². The van der Waals surface area contributed by atoms with E-state index in [1.807, 2.05) is 18.3 Å². The number of halogens is 1. The molecule has 0 aromatic carbocycles. The molecule has 3 nitrogen and oxygen atoms in total. The summed E-state index contributed by atoms with van der Waals surface area (Å²) in [6.45, 7) is 5.18. The predicted octanol–water partition coefficient (Wildman–Crippen LogP) is 4.02. The number of hydrogen-bond acceptors (Lipinski definition) is 3. The van der Waals surface area contributed by atoms with E-state index in [0.717, 1.165) is 35.7 Å². The van der Waals surface area contributed by atoms with Gasteiger partial charge in [0.25, 0.3) is 0 Å². The van der Waals surface area contributed by atoms with Gasteiger partial charge in [-0.3, -0.25) is 4.98 Å². The molecular weight excluding hydrogens is 282 g/mol. The number of likely N-dealkylation sites (N-methyl/N-ethyl adjacent to an activating group) is 1. The summed E-state index contributed by atoms with van der Waals surface area (Å²) in [4.78, 5) is 11.3. The molecule has 0 aliphatic heterocycles. The van der Waals surface area contributed by atoms with Crippen molar-refractivity contribution in [2.24, 2.45) is 0 Å². The molecule has 0 saturated heterocycles. The lowest BCUT2D eigenvalue weighted by molar-refractivity contribution is 0.793. The van der Waals surface area contributed by atoms with Crippen molar-refractivity contribution in [1.82, 2.24) is 9.97 Å². The van der Waals surface area contributed by atoms with Crippen molar-refractivity contribution in [2.75, 3.05) is 18.5 Å². The van der Waals surface area contributed by atoms with Gasteiger partial charge >= 0.3 is 0 Å². The van der Waals surface area contributed by atoms with Gasteiger partial charge in [-0.1, -0.05) is 19.9 Å². The minimum Gasteiger partial charge on any atom is -0.359 e. The Morgan fingerprint density at radius 3 is 2.67 bits per heavy atom. The topological polar surface area (TPSA) is 29.0 Å². The molecule has 0 radical (unpaired) electrons. The molecule has 0 saturated carbocycles. The Kier molecular flexibility index (Phi) is 5.57. The van der Waals surface area contributed by atoms with Gasteiger partial charge in [-0.25, -0.2) is 4.98 Å². The third-order valence-electron chi connectivity index (χ3n) is 3.46. The summed E-state index contributed by atoms with van der Waals surface area (Å²) in [6, 6.07) is 10.2. The summed E-state index contributed by atoms with van der Waals surface area (Å²) >= 11 is 6.00. The molecule has 0 aliphatic carbocycles. The number of alkyl halides is 1. The molecule has 0 N–H and O–H groups in total. The quantitative estimate of drug-likeness (QED) is 0.755. The zero-order valence-corrected chi connectivity index (χ0v) is 13.6. The summed E-state index contributed by atoms with van der Waals surface area (Å²) in [5.74, 6) is 1.90. The van der Waals surface area contributed by atoms with Gasteiger partial charge in [0.05, 0.1) is 0 Å². The first-order valence-electron chi connectivity index (χ1n) is 7.28. The van der Waals surface area contributed by atoms with E-state index < -0.39 is 0 Å². The maximum Gasteiger partial charge on any atom is 0.128 e. The maximum atomic E-state index is 6.00. The molecule has 21 heavy (non-hydrogen) atoms. The van der Waals surface area contributed by atoms with Gasteiger partial charge in [0.2, 0.25) is 0 Å². The van der Waals surface area contributed by atoms with Crippen molar-refractivity contribution < 1.29 is 0 Å². The van der Waals surface area contributed by atoms with Crippen molar-refractivity contribution in [3.63, 3.8) is 0 Å². The summed E-state index contributed by atoms with van der Waals surface area (Å²) < 4.78 is 0. The highest BCUT2D eigenvalue weighted by Gasteiger charge is 2.09. The monoisotopic (exact) mass is 303 g/mol. The minimum atomic E-state index is 0.399. The fraction of sp³-hybridized carbons (Fsp3) is 0.412. The largest absolute Gasteiger partial charge is 0.359 e. The zero-order chi connectivity index (χ0) is 15.2. The van der Waals surface area contributed by atoms with Crippen LogP contribution in [0.2, 0.25) is 0 Å². The standard InChI is InChI=1S/C17H22ClN3/c1-13(2)16-10-14(12-18)11-17(20-16)21(3)9-7-15-6-4-5-8-19-15/h4-6,8,10-11,13H,7,9,12H2,1-3H3. The van der Waals surface area contributed by atoms with Crippen molar-refractivity contribution in [1.29, 1.82) is 0 Å². The van der Waals surface area contributed by atoms with Crippen LogP contribution in [0.5, 0.6) is 0 Å². The van der Waals surface area contributed by atoms with Crippen molar-refractivity contribution in [3.8, 4) is 0 Å². The Morgan fingerprint density at radius 1 is 1.24 bits per heavy atom.